The third-order valence-electron chi connectivity index (χ3n) is 5.27. The topological polar surface area (TPSA) is 107 Å². The summed E-state index contributed by atoms with van der Waals surface area (Å²) in [5, 5.41) is 23.0. The quantitative estimate of drug-likeness (QED) is 0.249. The molecule has 8 nitrogen and oxygen atoms in total. The first-order valence-corrected chi connectivity index (χ1v) is 10.2. The Bertz CT molecular complexity index is 899. The van der Waals surface area contributed by atoms with Crippen LogP contribution in [0.25, 0.3) is 0 Å². The fraction of sp³-hybridized carbons (Fsp3) is 0.476. The van der Waals surface area contributed by atoms with Crippen LogP contribution in [0, 0.1) is 17.1 Å². The smallest absolute Gasteiger partial charge is 0.181 e. The number of nitrogens with one attached hydrogen (secondary N) is 1. The fourth-order valence-corrected chi connectivity index (χ4v) is 3.90. The zero-order chi connectivity index (χ0) is 21.7. The van der Waals surface area contributed by atoms with Crippen LogP contribution in [0.2, 0.25) is 0 Å². The van der Waals surface area contributed by atoms with Crippen molar-refractivity contribution in [1.82, 2.24) is 15.1 Å². The average molecular weight is 413 g/mol. The third kappa shape index (κ3) is 5.15. The van der Waals surface area contributed by atoms with Crippen molar-refractivity contribution >= 4 is 11.5 Å². The van der Waals surface area contributed by atoms with Gasteiger partial charge in [0, 0.05) is 38.4 Å². The number of halogens is 1. The van der Waals surface area contributed by atoms with Crippen LogP contribution in [0.3, 0.4) is 0 Å². The lowest BCUT2D eigenvalue weighted by Gasteiger charge is -2.41. The highest BCUT2D eigenvalue weighted by Gasteiger charge is 2.28. The van der Waals surface area contributed by atoms with Gasteiger partial charge in [0.25, 0.3) is 0 Å². The van der Waals surface area contributed by atoms with E-state index >= 15 is 4.39 Å². The van der Waals surface area contributed by atoms with E-state index in [2.05, 4.69) is 51.1 Å². The lowest BCUT2D eigenvalue weighted by Crippen LogP contribution is -2.52. The highest BCUT2D eigenvalue weighted by atomic mass is 19.1. The summed E-state index contributed by atoms with van der Waals surface area (Å²) in [6.45, 7) is 9.25. The molecule has 1 aromatic heterocycles. The molecule has 0 unspecified atom stereocenters. The molecule has 1 aromatic carbocycles. The summed E-state index contributed by atoms with van der Waals surface area (Å²) < 4.78 is 15.0. The van der Waals surface area contributed by atoms with Crippen molar-refractivity contribution in [2.75, 3.05) is 24.5 Å². The fourth-order valence-electron chi connectivity index (χ4n) is 3.90. The maximum Gasteiger partial charge on any atom is 0.181 e. The number of hydrogen-bond acceptors (Lipinski definition) is 6. The molecule has 0 aliphatic carbocycles. The molecule has 30 heavy (non-hydrogen) atoms. The largest absolute Gasteiger partial charge is 0.368 e. The number of amidine groups is 1. The summed E-state index contributed by atoms with van der Waals surface area (Å²) in [4.78, 5) is 4.46. The number of anilines is 1. The Labute approximate surface area is 176 Å². The van der Waals surface area contributed by atoms with Crippen LogP contribution >= 0.6 is 0 Å². The number of nitrogens with two attached hydrogens (primary N) is 1. The first-order chi connectivity index (χ1) is 14.4. The van der Waals surface area contributed by atoms with Gasteiger partial charge in [0.05, 0.1) is 16.9 Å². The number of aromatic nitrogens is 2. The van der Waals surface area contributed by atoms with Gasteiger partial charge in [-0.15, -0.1) is 5.11 Å². The van der Waals surface area contributed by atoms with Crippen LogP contribution in [-0.4, -0.2) is 46.6 Å². The molecule has 3 N–H and O–H groups in total. The zero-order valence-corrected chi connectivity index (χ0v) is 17.7. The van der Waals surface area contributed by atoms with Crippen LogP contribution in [0.4, 0.5) is 10.1 Å². The molecule has 1 aliphatic heterocycles. The molecule has 3 rings (SSSR count). The predicted octanol–water partition coefficient (Wildman–Crippen LogP) is 3.18. The Hall–Kier alpha value is -2.94. The van der Waals surface area contributed by atoms with Gasteiger partial charge >= 0.3 is 0 Å². The highest BCUT2D eigenvalue weighted by molar-refractivity contribution is 6.02. The monoisotopic (exact) mass is 412 g/mol. The lowest BCUT2D eigenvalue weighted by atomic mass is 9.98. The van der Waals surface area contributed by atoms with Crippen LogP contribution in [0.1, 0.15) is 37.6 Å². The molecule has 1 fully saturated rings. The molecule has 1 atom stereocenters. The summed E-state index contributed by atoms with van der Waals surface area (Å²) in [5.41, 5.74) is 2.65. The predicted molar refractivity (Wildman–Crippen MR) is 115 cm³/mol. The molecule has 2 heterocycles. The van der Waals surface area contributed by atoms with E-state index < -0.39 is 5.82 Å². The van der Waals surface area contributed by atoms with Crippen LogP contribution in [-0.2, 0) is 13.0 Å². The van der Waals surface area contributed by atoms with Gasteiger partial charge in [0.1, 0.15) is 5.82 Å². The number of nitrogens with zero attached hydrogens (tertiary/aromatic N) is 6. The maximum absolute atomic E-state index is 15.0. The first-order valence-electron chi connectivity index (χ1n) is 10.2. The molecule has 2 aromatic rings. The van der Waals surface area contributed by atoms with E-state index in [9.17, 15) is 0 Å². The van der Waals surface area contributed by atoms with Gasteiger partial charge in [-0.2, -0.15) is 10.2 Å². The minimum absolute atomic E-state index is 0.145. The van der Waals surface area contributed by atoms with Crippen molar-refractivity contribution in [3.63, 3.8) is 0 Å². The minimum Gasteiger partial charge on any atom is -0.368 e. The molecular weight excluding hydrogens is 383 g/mol. The van der Waals surface area contributed by atoms with Crippen molar-refractivity contribution in [3.8, 4) is 0 Å². The molecule has 160 valence electrons. The SMILES string of the molecule is CC(C)Cc1cc(F)c(C(=N)N=NN)c(N2CCN(Cc3cccnn3)[C@@H](C)C2)c1. The van der Waals surface area contributed by atoms with Crippen molar-refractivity contribution in [2.45, 2.75) is 39.8 Å². The van der Waals surface area contributed by atoms with Crippen LogP contribution in [0.5, 0.6) is 0 Å². The van der Waals surface area contributed by atoms with Gasteiger partial charge in [-0.1, -0.05) is 19.1 Å². The molecule has 0 radical (unpaired) electrons. The zero-order valence-electron chi connectivity index (χ0n) is 17.7. The molecule has 1 aliphatic rings. The maximum atomic E-state index is 15.0. The normalized spacial score (nSPS) is 17.8. The summed E-state index contributed by atoms with van der Waals surface area (Å²) in [5.74, 6) is 4.79. The Morgan fingerprint density at radius 2 is 2.17 bits per heavy atom. The third-order valence-corrected chi connectivity index (χ3v) is 5.27. The standard InChI is InChI=1S/C21H29FN8/c1-14(2)9-16-10-18(22)20(21(23)27-28-24)19(11-16)30-8-7-29(15(3)12-30)13-17-5-4-6-25-26-17/h4-6,10-11,14-15H,7-9,12-13H2,1-3H3,(H3,23,24,27)/t15-/m0/s1. The van der Waals surface area contributed by atoms with Crippen molar-refractivity contribution in [2.24, 2.45) is 22.1 Å². The van der Waals surface area contributed by atoms with Gasteiger partial charge in [0.2, 0.25) is 0 Å². The van der Waals surface area contributed by atoms with E-state index in [0.29, 0.717) is 31.2 Å². The van der Waals surface area contributed by atoms with Crippen LogP contribution < -0.4 is 10.7 Å². The second-order valence-corrected chi connectivity index (χ2v) is 8.11. The molecule has 0 amide bonds. The number of piperazine rings is 1. The molecule has 1 saturated heterocycles. The van der Waals surface area contributed by atoms with E-state index in [1.807, 2.05) is 18.2 Å². The van der Waals surface area contributed by atoms with E-state index in [1.54, 1.807) is 6.20 Å². The minimum atomic E-state index is -0.463. The van der Waals surface area contributed by atoms with E-state index in [-0.39, 0.29) is 17.4 Å². The van der Waals surface area contributed by atoms with E-state index in [0.717, 1.165) is 24.2 Å². The van der Waals surface area contributed by atoms with Crippen molar-refractivity contribution < 1.29 is 4.39 Å². The summed E-state index contributed by atoms with van der Waals surface area (Å²) in [6, 6.07) is 7.54. The molecule has 0 spiro atoms. The second kappa shape index (κ2) is 9.71. The Morgan fingerprint density at radius 3 is 2.80 bits per heavy atom. The highest BCUT2D eigenvalue weighted by Crippen LogP contribution is 2.30. The van der Waals surface area contributed by atoms with Gasteiger partial charge in [-0.05, 0) is 49.1 Å². The van der Waals surface area contributed by atoms with E-state index in [1.165, 1.54) is 6.07 Å². The van der Waals surface area contributed by atoms with Gasteiger partial charge in [-0.25, -0.2) is 4.39 Å². The molecule has 9 heteroatoms. The number of rotatable bonds is 6. The van der Waals surface area contributed by atoms with Crippen molar-refractivity contribution in [1.29, 1.82) is 5.41 Å². The Morgan fingerprint density at radius 1 is 1.37 bits per heavy atom. The summed E-state index contributed by atoms with van der Waals surface area (Å²) in [7, 11) is 0. The number of benzene rings is 1. The molecule has 0 saturated carbocycles. The summed E-state index contributed by atoms with van der Waals surface area (Å²) in [6.07, 6.45) is 2.43. The molecular formula is C21H29FN8. The lowest BCUT2D eigenvalue weighted by molar-refractivity contribution is 0.178. The second-order valence-electron chi connectivity index (χ2n) is 8.11. The van der Waals surface area contributed by atoms with E-state index in [4.69, 9.17) is 11.3 Å². The Balaban J connectivity index is 1.86. The average Bonchev–Trinajstić information content (AvgIpc) is 2.69. The summed E-state index contributed by atoms with van der Waals surface area (Å²) >= 11 is 0. The van der Waals surface area contributed by atoms with Gasteiger partial charge < -0.3 is 10.7 Å². The van der Waals surface area contributed by atoms with Crippen LogP contribution in [0.15, 0.2) is 40.8 Å². The molecule has 0 bridgehead atoms. The Kier molecular flexibility index (Phi) is 7.04. The first kappa shape index (κ1) is 21.8. The van der Waals surface area contributed by atoms with Crippen molar-refractivity contribution in [3.05, 3.63) is 53.1 Å². The van der Waals surface area contributed by atoms with Gasteiger partial charge in [-0.3, -0.25) is 10.3 Å². The number of hydrogen-bond donors (Lipinski definition) is 2. The van der Waals surface area contributed by atoms with Gasteiger partial charge in [0.15, 0.2) is 5.84 Å².